The van der Waals surface area contributed by atoms with Gasteiger partial charge in [-0.25, -0.2) is 0 Å². The molecule has 1 heterocycles. The van der Waals surface area contributed by atoms with Crippen LogP contribution in [0.2, 0.25) is 0 Å². The van der Waals surface area contributed by atoms with Gasteiger partial charge in [0.2, 0.25) is 5.91 Å². The molecule has 5 nitrogen and oxygen atoms in total. The van der Waals surface area contributed by atoms with Gasteiger partial charge >= 0.3 is 0 Å². The van der Waals surface area contributed by atoms with E-state index in [4.69, 9.17) is 0 Å². The number of hydrogen-bond acceptors (Lipinski definition) is 4. The summed E-state index contributed by atoms with van der Waals surface area (Å²) in [6.45, 7) is 3.91. The second-order valence-corrected chi connectivity index (χ2v) is 7.67. The van der Waals surface area contributed by atoms with E-state index in [0.717, 1.165) is 16.0 Å². The molecule has 3 rings (SSSR count). The molecule has 2 aromatic carbocycles. The molecule has 6 heteroatoms. The monoisotopic (exact) mass is 382 g/mol. The lowest BCUT2D eigenvalue weighted by molar-refractivity contribution is -0.120. The summed E-state index contributed by atoms with van der Waals surface area (Å²) >= 11 is 1.57. The molecule has 0 unspecified atom stereocenters. The first-order valence-corrected chi connectivity index (χ1v) is 10.2. The third-order valence-corrected chi connectivity index (χ3v) is 5.17. The minimum atomic E-state index is -0.842. The Kier molecular flexibility index (Phi) is 5.65. The summed E-state index contributed by atoms with van der Waals surface area (Å²) in [5.41, 5.74) is 3.45. The van der Waals surface area contributed by atoms with Crippen LogP contribution in [0.1, 0.15) is 38.3 Å². The van der Waals surface area contributed by atoms with Crippen LogP contribution in [0.4, 0.5) is 5.69 Å². The Morgan fingerprint density at radius 1 is 1.04 bits per heavy atom. The summed E-state index contributed by atoms with van der Waals surface area (Å²) in [5, 5.41) is 2.88. The van der Waals surface area contributed by atoms with E-state index in [1.807, 2.05) is 38.3 Å². The van der Waals surface area contributed by atoms with E-state index >= 15 is 0 Å². The van der Waals surface area contributed by atoms with Crippen LogP contribution in [0, 0.1) is 13.8 Å². The maximum atomic E-state index is 13.0. The van der Waals surface area contributed by atoms with Gasteiger partial charge in [-0.05, 0) is 67.7 Å². The normalized spacial score (nSPS) is 14.3. The number of fused-ring (bicyclic) bond motifs is 1. The van der Waals surface area contributed by atoms with Crippen LogP contribution in [0.5, 0.6) is 0 Å². The highest BCUT2D eigenvalue weighted by Crippen LogP contribution is 2.27. The smallest absolute Gasteiger partial charge is 0.262 e. The number of carbonyl (C=O) groups is 3. The number of nitrogens with zero attached hydrogens (tertiary/aromatic N) is 1. The predicted octanol–water partition coefficient (Wildman–Crippen LogP) is 3.66. The molecule has 1 aliphatic heterocycles. The Bertz CT molecular complexity index is 855. The molecule has 140 valence electrons. The predicted molar refractivity (Wildman–Crippen MR) is 108 cm³/mol. The number of amides is 3. The molecule has 0 spiro atoms. The molecule has 27 heavy (non-hydrogen) atoms. The number of aryl methyl sites for hydroxylation is 2. The summed E-state index contributed by atoms with van der Waals surface area (Å²) in [5.74, 6) is -0.490. The molecule has 1 aliphatic rings. The zero-order valence-corrected chi connectivity index (χ0v) is 16.4. The highest BCUT2D eigenvalue weighted by atomic mass is 32.2. The zero-order valence-electron chi connectivity index (χ0n) is 15.6. The average molecular weight is 382 g/mol. The fourth-order valence-corrected chi connectivity index (χ4v) is 3.83. The lowest BCUT2D eigenvalue weighted by atomic mass is 10.1. The Labute approximate surface area is 163 Å². The van der Waals surface area contributed by atoms with Crippen molar-refractivity contribution in [2.75, 3.05) is 17.3 Å². The van der Waals surface area contributed by atoms with Crippen LogP contribution in [0.25, 0.3) is 0 Å². The van der Waals surface area contributed by atoms with E-state index < -0.39 is 17.9 Å². The standard InChI is InChI=1S/C21H22N2O3S/c1-13-10-14(2)12-15(11-13)22-19(24)18(8-9-27-3)23-20(25)16-6-4-5-7-17(16)21(23)26/h4-7,10-12,18H,8-9H2,1-3H3,(H,22,24)/t18-/m1/s1. The first kappa shape index (κ1) is 19.2. The van der Waals surface area contributed by atoms with E-state index in [1.54, 1.807) is 36.0 Å². The molecule has 0 aliphatic carbocycles. The van der Waals surface area contributed by atoms with Gasteiger partial charge in [-0.1, -0.05) is 18.2 Å². The zero-order chi connectivity index (χ0) is 19.6. The van der Waals surface area contributed by atoms with Crippen LogP contribution >= 0.6 is 11.8 Å². The molecule has 0 saturated heterocycles. The largest absolute Gasteiger partial charge is 0.324 e. The SMILES string of the molecule is CSCC[C@H](C(=O)Nc1cc(C)cc(C)c1)N1C(=O)c2ccccc2C1=O. The Morgan fingerprint density at radius 3 is 2.11 bits per heavy atom. The maximum Gasteiger partial charge on any atom is 0.262 e. The van der Waals surface area contributed by atoms with Crippen LogP contribution in [0.3, 0.4) is 0 Å². The van der Waals surface area contributed by atoms with Crippen molar-refractivity contribution in [3.05, 3.63) is 64.7 Å². The molecular weight excluding hydrogens is 360 g/mol. The third-order valence-electron chi connectivity index (χ3n) is 4.52. The number of benzene rings is 2. The molecule has 3 amide bonds. The Morgan fingerprint density at radius 2 is 1.59 bits per heavy atom. The van der Waals surface area contributed by atoms with Gasteiger partial charge in [0.15, 0.2) is 0 Å². The number of anilines is 1. The van der Waals surface area contributed by atoms with Crippen molar-refractivity contribution in [1.29, 1.82) is 0 Å². The lowest BCUT2D eigenvalue weighted by Gasteiger charge is -2.25. The number of carbonyl (C=O) groups excluding carboxylic acids is 3. The van der Waals surface area contributed by atoms with Crippen molar-refractivity contribution in [2.24, 2.45) is 0 Å². The van der Waals surface area contributed by atoms with Gasteiger partial charge in [-0.15, -0.1) is 0 Å². The van der Waals surface area contributed by atoms with Gasteiger partial charge in [0.1, 0.15) is 6.04 Å². The van der Waals surface area contributed by atoms with Crippen LogP contribution in [-0.2, 0) is 4.79 Å². The molecule has 0 fully saturated rings. The second-order valence-electron chi connectivity index (χ2n) is 6.69. The van der Waals surface area contributed by atoms with Crippen molar-refractivity contribution in [3.8, 4) is 0 Å². The molecule has 1 N–H and O–H groups in total. The van der Waals surface area contributed by atoms with E-state index in [-0.39, 0.29) is 5.91 Å². The lowest BCUT2D eigenvalue weighted by Crippen LogP contribution is -2.47. The van der Waals surface area contributed by atoms with Crippen molar-refractivity contribution in [1.82, 2.24) is 4.90 Å². The van der Waals surface area contributed by atoms with Crippen molar-refractivity contribution in [3.63, 3.8) is 0 Å². The van der Waals surface area contributed by atoms with Crippen molar-refractivity contribution in [2.45, 2.75) is 26.3 Å². The average Bonchev–Trinajstić information content (AvgIpc) is 2.87. The number of thioether (sulfide) groups is 1. The Hall–Kier alpha value is -2.60. The molecule has 0 bridgehead atoms. The van der Waals surface area contributed by atoms with Gasteiger partial charge in [-0.2, -0.15) is 11.8 Å². The van der Waals surface area contributed by atoms with Gasteiger partial charge in [0.25, 0.3) is 11.8 Å². The fraction of sp³-hybridized carbons (Fsp3) is 0.286. The first-order chi connectivity index (χ1) is 12.9. The van der Waals surface area contributed by atoms with E-state index in [2.05, 4.69) is 5.32 Å². The molecule has 0 saturated carbocycles. The highest BCUT2D eigenvalue weighted by molar-refractivity contribution is 7.98. The quantitative estimate of drug-likeness (QED) is 0.775. The van der Waals surface area contributed by atoms with Crippen LogP contribution in [-0.4, -0.2) is 40.7 Å². The summed E-state index contributed by atoms with van der Waals surface area (Å²) in [6.07, 6.45) is 2.34. The van der Waals surface area contributed by atoms with Crippen LogP contribution in [0.15, 0.2) is 42.5 Å². The van der Waals surface area contributed by atoms with E-state index in [0.29, 0.717) is 29.0 Å². The molecule has 1 atom stereocenters. The van der Waals surface area contributed by atoms with Gasteiger partial charge in [0.05, 0.1) is 11.1 Å². The molecular formula is C21H22N2O3S. The van der Waals surface area contributed by atoms with Gasteiger partial charge < -0.3 is 5.32 Å². The van der Waals surface area contributed by atoms with E-state index in [1.165, 1.54) is 0 Å². The minimum Gasteiger partial charge on any atom is -0.324 e. The number of nitrogens with one attached hydrogen (secondary N) is 1. The number of rotatable bonds is 6. The molecule has 0 aromatic heterocycles. The van der Waals surface area contributed by atoms with E-state index in [9.17, 15) is 14.4 Å². The van der Waals surface area contributed by atoms with Gasteiger partial charge in [-0.3, -0.25) is 19.3 Å². The molecule has 0 radical (unpaired) electrons. The first-order valence-electron chi connectivity index (χ1n) is 8.77. The van der Waals surface area contributed by atoms with Crippen LogP contribution < -0.4 is 5.32 Å². The fourth-order valence-electron chi connectivity index (χ4n) is 3.37. The topological polar surface area (TPSA) is 66.5 Å². The minimum absolute atomic E-state index is 0.344. The highest BCUT2D eigenvalue weighted by Gasteiger charge is 2.42. The summed E-state index contributed by atoms with van der Waals surface area (Å²) in [6, 6.07) is 11.6. The van der Waals surface area contributed by atoms with Crippen molar-refractivity contribution < 1.29 is 14.4 Å². The summed E-state index contributed by atoms with van der Waals surface area (Å²) < 4.78 is 0. The van der Waals surface area contributed by atoms with Crippen molar-refractivity contribution >= 4 is 35.2 Å². The number of imide groups is 1. The maximum absolute atomic E-state index is 13.0. The third kappa shape index (κ3) is 3.90. The Balaban J connectivity index is 1.89. The molecule has 2 aromatic rings. The second kappa shape index (κ2) is 7.96. The summed E-state index contributed by atoms with van der Waals surface area (Å²) in [7, 11) is 0. The number of hydrogen-bond donors (Lipinski definition) is 1. The summed E-state index contributed by atoms with van der Waals surface area (Å²) in [4.78, 5) is 39.7. The van der Waals surface area contributed by atoms with Gasteiger partial charge in [0, 0.05) is 5.69 Å².